The lowest BCUT2D eigenvalue weighted by Gasteiger charge is -2.46. The largest absolute Gasteiger partial charge is 0.394 e. The van der Waals surface area contributed by atoms with Crippen molar-refractivity contribution in [2.75, 3.05) is 6.61 Å². The Labute approximate surface area is 119 Å². The molecule has 0 amide bonds. The van der Waals surface area contributed by atoms with Crippen molar-refractivity contribution in [1.29, 1.82) is 0 Å². The van der Waals surface area contributed by atoms with Crippen molar-refractivity contribution in [1.82, 2.24) is 5.32 Å². The third kappa shape index (κ3) is 3.95. The fourth-order valence-electron chi connectivity index (χ4n) is 4.06. The summed E-state index contributed by atoms with van der Waals surface area (Å²) in [5.74, 6) is 0.820. The standard InChI is InChI=1S/C17H33NO/c1-16(2,3)14-9-11-17(13-19,12-10-14)18-15-7-5-4-6-8-15/h14-15,18-19H,4-13H2,1-3H3. The van der Waals surface area contributed by atoms with E-state index in [1.54, 1.807) is 0 Å². The fourth-order valence-corrected chi connectivity index (χ4v) is 4.06. The molecule has 0 radical (unpaired) electrons. The topological polar surface area (TPSA) is 32.3 Å². The maximum atomic E-state index is 9.90. The lowest BCUT2D eigenvalue weighted by molar-refractivity contribution is 0.0570. The average molecular weight is 267 g/mol. The molecular formula is C17H33NO. The highest BCUT2D eigenvalue weighted by molar-refractivity contribution is 4.96. The molecule has 2 rings (SSSR count). The first kappa shape index (κ1) is 15.3. The molecule has 0 unspecified atom stereocenters. The van der Waals surface area contributed by atoms with Gasteiger partial charge in [0, 0.05) is 11.6 Å². The van der Waals surface area contributed by atoms with Gasteiger partial charge in [-0.2, -0.15) is 0 Å². The third-order valence-corrected chi connectivity index (χ3v) is 5.59. The van der Waals surface area contributed by atoms with E-state index in [2.05, 4.69) is 26.1 Å². The fraction of sp³-hybridized carbons (Fsp3) is 1.00. The van der Waals surface area contributed by atoms with Crippen molar-refractivity contribution in [3.05, 3.63) is 0 Å². The number of aliphatic hydroxyl groups is 1. The van der Waals surface area contributed by atoms with E-state index in [1.165, 1.54) is 44.9 Å². The van der Waals surface area contributed by atoms with Crippen molar-refractivity contribution in [2.24, 2.45) is 11.3 Å². The van der Waals surface area contributed by atoms with Gasteiger partial charge in [0.05, 0.1) is 6.61 Å². The van der Waals surface area contributed by atoms with Gasteiger partial charge < -0.3 is 10.4 Å². The van der Waals surface area contributed by atoms with Crippen LogP contribution in [0.2, 0.25) is 0 Å². The highest BCUT2D eigenvalue weighted by atomic mass is 16.3. The predicted octanol–water partition coefficient (Wildman–Crippen LogP) is 3.88. The van der Waals surface area contributed by atoms with Gasteiger partial charge in [-0.25, -0.2) is 0 Å². The summed E-state index contributed by atoms with van der Waals surface area (Å²) in [6, 6.07) is 0.659. The zero-order chi connectivity index (χ0) is 13.9. The monoisotopic (exact) mass is 267 g/mol. The summed E-state index contributed by atoms with van der Waals surface area (Å²) in [6.45, 7) is 7.40. The van der Waals surface area contributed by atoms with Crippen LogP contribution in [0.15, 0.2) is 0 Å². The quantitative estimate of drug-likeness (QED) is 0.813. The highest BCUT2D eigenvalue weighted by Crippen LogP contribution is 2.41. The Bertz CT molecular complexity index is 267. The van der Waals surface area contributed by atoms with Gasteiger partial charge in [-0.15, -0.1) is 0 Å². The minimum Gasteiger partial charge on any atom is -0.394 e. The molecule has 0 atom stereocenters. The summed E-state index contributed by atoms with van der Waals surface area (Å²) >= 11 is 0. The molecule has 0 aromatic heterocycles. The van der Waals surface area contributed by atoms with Gasteiger partial charge in [0.2, 0.25) is 0 Å². The Hall–Kier alpha value is -0.0800. The molecule has 0 aliphatic heterocycles. The zero-order valence-electron chi connectivity index (χ0n) is 13.2. The zero-order valence-corrected chi connectivity index (χ0v) is 13.2. The highest BCUT2D eigenvalue weighted by Gasteiger charge is 2.39. The SMILES string of the molecule is CC(C)(C)C1CCC(CO)(NC2CCCCC2)CC1. The van der Waals surface area contributed by atoms with E-state index in [9.17, 15) is 5.11 Å². The molecule has 2 aliphatic rings. The number of hydrogen-bond donors (Lipinski definition) is 2. The summed E-state index contributed by atoms with van der Waals surface area (Å²) in [6.07, 6.45) is 11.6. The lowest BCUT2D eigenvalue weighted by Crippen LogP contribution is -2.55. The number of rotatable bonds is 3. The van der Waals surface area contributed by atoms with Crippen LogP contribution in [-0.4, -0.2) is 23.3 Å². The Morgan fingerprint density at radius 3 is 2.05 bits per heavy atom. The minimum atomic E-state index is 0.0315. The molecule has 2 saturated carbocycles. The minimum absolute atomic E-state index is 0.0315. The van der Waals surface area contributed by atoms with Crippen LogP contribution < -0.4 is 5.32 Å². The second-order valence-corrected chi connectivity index (χ2v) is 8.06. The number of hydrogen-bond acceptors (Lipinski definition) is 2. The maximum Gasteiger partial charge on any atom is 0.0613 e. The van der Waals surface area contributed by atoms with E-state index < -0.39 is 0 Å². The van der Waals surface area contributed by atoms with E-state index in [0.717, 1.165) is 18.8 Å². The van der Waals surface area contributed by atoms with Crippen LogP contribution in [0.1, 0.15) is 78.6 Å². The first-order valence-corrected chi connectivity index (χ1v) is 8.34. The van der Waals surface area contributed by atoms with Crippen LogP contribution >= 0.6 is 0 Å². The van der Waals surface area contributed by atoms with Crippen LogP contribution in [-0.2, 0) is 0 Å². The summed E-state index contributed by atoms with van der Waals surface area (Å²) in [7, 11) is 0. The second kappa shape index (κ2) is 6.13. The van der Waals surface area contributed by atoms with E-state index >= 15 is 0 Å². The van der Waals surface area contributed by atoms with Gasteiger partial charge in [-0.1, -0.05) is 40.0 Å². The van der Waals surface area contributed by atoms with Crippen molar-refractivity contribution in [3.8, 4) is 0 Å². The molecule has 2 N–H and O–H groups in total. The van der Waals surface area contributed by atoms with E-state index in [4.69, 9.17) is 0 Å². The van der Waals surface area contributed by atoms with Crippen molar-refractivity contribution in [3.63, 3.8) is 0 Å². The lowest BCUT2D eigenvalue weighted by atomic mass is 9.67. The number of nitrogens with one attached hydrogen (secondary N) is 1. The molecule has 0 aromatic carbocycles. The Balaban J connectivity index is 1.90. The average Bonchev–Trinajstić information content (AvgIpc) is 2.39. The van der Waals surface area contributed by atoms with Gasteiger partial charge in [-0.3, -0.25) is 0 Å². The van der Waals surface area contributed by atoms with Crippen LogP contribution in [0.3, 0.4) is 0 Å². The van der Waals surface area contributed by atoms with Gasteiger partial charge in [0.25, 0.3) is 0 Å². The molecule has 2 heteroatoms. The first-order valence-electron chi connectivity index (χ1n) is 8.34. The van der Waals surface area contributed by atoms with Gasteiger partial charge in [0.1, 0.15) is 0 Å². The molecule has 0 bridgehead atoms. The van der Waals surface area contributed by atoms with Gasteiger partial charge >= 0.3 is 0 Å². The van der Waals surface area contributed by atoms with Gasteiger partial charge in [-0.05, 0) is 49.9 Å². The molecular weight excluding hydrogens is 234 g/mol. The van der Waals surface area contributed by atoms with Crippen molar-refractivity contribution < 1.29 is 5.11 Å². The molecule has 0 spiro atoms. The van der Waals surface area contributed by atoms with E-state index in [1.807, 2.05) is 0 Å². The first-order chi connectivity index (χ1) is 8.95. The maximum absolute atomic E-state index is 9.90. The second-order valence-electron chi connectivity index (χ2n) is 8.06. The molecule has 0 saturated heterocycles. The van der Waals surface area contributed by atoms with E-state index in [0.29, 0.717) is 18.1 Å². The van der Waals surface area contributed by atoms with Crippen LogP contribution in [0.25, 0.3) is 0 Å². The normalized spacial score (nSPS) is 34.4. The molecule has 2 nitrogen and oxygen atoms in total. The summed E-state index contributed by atoms with van der Waals surface area (Å²) in [5.41, 5.74) is 0.455. The van der Waals surface area contributed by atoms with Crippen molar-refractivity contribution >= 4 is 0 Å². The molecule has 0 aromatic rings. The van der Waals surface area contributed by atoms with Crippen LogP contribution in [0.5, 0.6) is 0 Å². The Morgan fingerprint density at radius 1 is 1.00 bits per heavy atom. The molecule has 2 aliphatic carbocycles. The van der Waals surface area contributed by atoms with Crippen LogP contribution in [0.4, 0.5) is 0 Å². The summed E-state index contributed by atoms with van der Waals surface area (Å²) in [5, 5.41) is 13.7. The molecule has 0 heterocycles. The molecule has 19 heavy (non-hydrogen) atoms. The summed E-state index contributed by atoms with van der Waals surface area (Å²) in [4.78, 5) is 0. The van der Waals surface area contributed by atoms with E-state index in [-0.39, 0.29) is 5.54 Å². The third-order valence-electron chi connectivity index (χ3n) is 5.59. The Kier molecular flexibility index (Phi) is 4.94. The van der Waals surface area contributed by atoms with Crippen LogP contribution in [0, 0.1) is 11.3 Å². The van der Waals surface area contributed by atoms with Gasteiger partial charge in [0.15, 0.2) is 0 Å². The number of aliphatic hydroxyl groups excluding tert-OH is 1. The Morgan fingerprint density at radius 2 is 1.58 bits per heavy atom. The summed E-state index contributed by atoms with van der Waals surface area (Å²) < 4.78 is 0. The molecule has 112 valence electrons. The smallest absolute Gasteiger partial charge is 0.0613 e. The molecule has 2 fully saturated rings. The van der Waals surface area contributed by atoms with Crippen molar-refractivity contribution in [2.45, 2.75) is 90.1 Å². The predicted molar refractivity (Wildman–Crippen MR) is 81.2 cm³/mol.